The van der Waals surface area contributed by atoms with E-state index in [0.717, 1.165) is 5.56 Å². The first-order valence-electron chi connectivity index (χ1n) is 12.4. The van der Waals surface area contributed by atoms with Crippen LogP contribution in [-0.4, -0.2) is 51.3 Å². The van der Waals surface area contributed by atoms with Crippen molar-refractivity contribution < 1.29 is 49.1 Å². The zero-order valence-electron chi connectivity index (χ0n) is 21.2. The fourth-order valence-corrected chi connectivity index (χ4v) is 4.64. The number of halogens is 4. The minimum atomic E-state index is -6.13. The Morgan fingerprint density at radius 2 is 1.05 bits per heavy atom. The summed E-state index contributed by atoms with van der Waals surface area (Å²) in [6.45, 7) is -1.44. The highest BCUT2D eigenvalue weighted by Crippen LogP contribution is 2.35. The summed E-state index contributed by atoms with van der Waals surface area (Å²) < 4.78 is 106. The molecule has 0 amide bonds. The van der Waals surface area contributed by atoms with E-state index in [1.165, 1.54) is 0 Å². The van der Waals surface area contributed by atoms with Crippen LogP contribution < -0.4 is 0 Å². The van der Waals surface area contributed by atoms with Crippen molar-refractivity contribution in [2.75, 3.05) is 6.67 Å². The molecule has 0 aromatic heterocycles. The van der Waals surface area contributed by atoms with Crippen LogP contribution in [0.25, 0.3) is 0 Å². The molecule has 12 heteroatoms. The summed E-state index contributed by atoms with van der Waals surface area (Å²) in [5.74, 6) is 0. The van der Waals surface area contributed by atoms with Crippen molar-refractivity contribution >= 4 is 10.1 Å². The maximum absolute atomic E-state index is 14.3. The van der Waals surface area contributed by atoms with Crippen molar-refractivity contribution in [2.24, 2.45) is 0 Å². The summed E-state index contributed by atoms with van der Waals surface area (Å²) in [4.78, 5) is 0. The molecular weight excluding hydrogens is 556 g/mol. The zero-order chi connectivity index (χ0) is 28.6. The molecule has 0 saturated carbocycles. The van der Waals surface area contributed by atoms with Crippen molar-refractivity contribution in [1.29, 1.82) is 0 Å². The first-order valence-corrected chi connectivity index (χ1v) is 13.8. The van der Waals surface area contributed by atoms with Crippen LogP contribution in [0.3, 0.4) is 0 Å². The van der Waals surface area contributed by atoms with E-state index < -0.39 is 53.0 Å². The third kappa shape index (κ3) is 7.87. The Hall–Kier alpha value is -2.87. The van der Waals surface area contributed by atoms with Gasteiger partial charge >= 0.3 is 15.6 Å². The summed E-state index contributed by atoms with van der Waals surface area (Å²) in [5, 5.41) is 0. The van der Waals surface area contributed by atoms with E-state index in [9.17, 15) is 26.0 Å². The maximum Gasteiger partial charge on any atom is 0.523 e. The number of rotatable bonds is 12. The molecule has 0 radical (unpaired) electrons. The van der Waals surface area contributed by atoms with Gasteiger partial charge in [0.25, 0.3) is 0 Å². The largest absolute Gasteiger partial charge is 0.523 e. The molecule has 216 valence electrons. The number of hydrogen-bond acceptors (Lipinski definition) is 7. The lowest BCUT2D eigenvalue weighted by molar-refractivity contribution is -0.306. The minimum absolute atomic E-state index is 0.00561. The molecule has 0 spiro atoms. The molecule has 0 aliphatic carbocycles. The molecule has 7 nitrogen and oxygen atoms in total. The molecule has 1 aliphatic rings. The quantitative estimate of drug-likeness (QED) is 0.162. The van der Waals surface area contributed by atoms with E-state index in [1.54, 1.807) is 91.0 Å². The van der Waals surface area contributed by atoms with Gasteiger partial charge in [-0.15, -0.1) is 0 Å². The molecule has 4 rings (SSSR count). The molecule has 1 aliphatic heterocycles. The van der Waals surface area contributed by atoms with E-state index in [-0.39, 0.29) is 19.8 Å². The second-order valence-electron chi connectivity index (χ2n) is 8.98. The first kappa shape index (κ1) is 30.1. The van der Waals surface area contributed by atoms with Crippen LogP contribution in [0.5, 0.6) is 0 Å². The van der Waals surface area contributed by atoms with Crippen LogP contribution in [-0.2, 0) is 53.1 Å². The van der Waals surface area contributed by atoms with Crippen LogP contribution in [0.15, 0.2) is 91.0 Å². The van der Waals surface area contributed by atoms with Crippen LogP contribution in [0.4, 0.5) is 17.6 Å². The van der Waals surface area contributed by atoms with E-state index in [4.69, 9.17) is 18.9 Å². The highest BCUT2D eigenvalue weighted by atomic mass is 32.2. The standard InChI is InChI=1S/C28H28F4O7S/c29-16-23-24(35-17-20-10-4-1-5-11-20)25(36-18-21-12-6-2-7-13-21)26(37-19-22-14-8-3-9-15-22)27(38-23)39-40(33,34)28(30,31)32/h1-15,23-27H,16-19H2/t23-,24-,25+,26+,27-/m1/s1. The second-order valence-corrected chi connectivity index (χ2v) is 10.5. The molecule has 3 aromatic rings. The Morgan fingerprint density at radius 1 is 0.650 bits per heavy atom. The Morgan fingerprint density at radius 3 is 1.45 bits per heavy atom. The minimum Gasteiger partial charge on any atom is -0.368 e. The fourth-order valence-electron chi connectivity index (χ4n) is 4.13. The Kier molecular flexibility index (Phi) is 10.3. The highest BCUT2D eigenvalue weighted by Gasteiger charge is 2.55. The third-order valence-corrected chi connectivity index (χ3v) is 7.11. The van der Waals surface area contributed by atoms with E-state index in [2.05, 4.69) is 4.18 Å². The van der Waals surface area contributed by atoms with Gasteiger partial charge in [0.05, 0.1) is 19.8 Å². The average Bonchev–Trinajstić information content (AvgIpc) is 2.95. The third-order valence-electron chi connectivity index (χ3n) is 6.10. The molecule has 40 heavy (non-hydrogen) atoms. The molecule has 0 bridgehead atoms. The van der Waals surface area contributed by atoms with Crippen molar-refractivity contribution in [3.63, 3.8) is 0 Å². The van der Waals surface area contributed by atoms with Gasteiger partial charge in [-0.1, -0.05) is 91.0 Å². The Balaban J connectivity index is 1.67. The predicted molar refractivity (Wildman–Crippen MR) is 136 cm³/mol. The summed E-state index contributed by atoms with van der Waals surface area (Å²) in [6.07, 6.45) is -7.72. The SMILES string of the molecule is O=S(=O)(O[C@H]1O[C@H](CF)[C@@H](OCc2ccccc2)[C@H](OCc2ccccc2)[C@@H]1OCc1ccccc1)C(F)(F)F. The van der Waals surface area contributed by atoms with Gasteiger partial charge in [-0.25, -0.2) is 8.57 Å². The monoisotopic (exact) mass is 584 g/mol. The van der Waals surface area contributed by atoms with Crippen LogP contribution in [0, 0.1) is 0 Å². The first-order chi connectivity index (χ1) is 19.2. The summed E-state index contributed by atoms with van der Waals surface area (Å²) >= 11 is 0. The molecule has 1 heterocycles. The number of alkyl halides is 4. The Labute approximate surface area is 229 Å². The van der Waals surface area contributed by atoms with Crippen LogP contribution in [0.2, 0.25) is 0 Å². The smallest absolute Gasteiger partial charge is 0.368 e. The van der Waals surface area contributed by atoms with Crippen molar-refractivity contribution in [1.82, 2.24) is 0 Å². The molecule has 5 atom stereocenters. The Bertz CT molecular complexity index is 1280. The van der Waals surface area contributed by atoms with Gasteiger partial charge in [-0.3, -0.25) is 0 Å². The van der Waals surface area contributed by atoms with Crippen molar-refractivity contribution in [3.8, 4) is 0 Å². The topological polar surface area (TPSA) is 80.3 Å². The lowest BCUT2D eigenvalue weighted by atomic mass is 9.98. The normalized spacial score (nSPS) is 23.6. The molecule has 0 N–H and O–H groups in total. The van der Waals surface area contributed by atoms with Crippen molar-refractivity contribution in [2.45, 2.75) is 56.0 Å². The van der Waals surface area contributed by atoms with E-state index in [1.807, 2.05) is 0 Å². The maximum atomic E-state index is 14.3. The van der Waals surface area contributed by atoms with Crippen LogP contribution >= 0.6 is 0 Å². The average molecular weight is 585 g/mol. The lowest BCUT2D eigenvalue weighted by Gasteiger charge is -2.44. The molecule has 3 aromatic carbocycles. The molecule has 1 saturated heterocycles. The fraction of sp³-hybridized carbons (Fsp3) is 0.357. The van der Waals surface area contributed by atoms with Gasteiger partial charge in [-0.2, -0.15) is 21.6 Å². The molecular formula is C28H28F4O7S. The van der Waals surface area contributed by atoms with Gasteiger partial charge in [0, 0.05) is 0 Å². The van der Waals surface area contributed by atoms with Gasteiger partial charge in [0.1, 0.15) is 31.1 Å². The molecule has 0 unspecified atom stereocenters. The van der Waals surface area contributed by atoms with Gasteiger partial charge < -0.3 is 18.9 Å². The van der Waals surface area contributed by atoms with Gasteiger partial charge in [-0.05, 0) is 16.7 Å². The second kappa shape index (κ2) is 13.7. The number of benzene rings is 3. The van der Waals surface area contributed by atoms with Crippen molar-refractivity contribution in [3.05, 3.63) is 108 Å². The van der Waals surface area contributed by atoms with E-state index >= 15 is 0 Å². The van der Waals surface area contributed by atoms with Gasteiger partial charge in [0.2, 0.25) is 6.29 Å². The summed E-state index contributed by atoms with van der Waals surface area (Å²) in [6, 6.07) is 26.4. The summed E-state index contributed by atoms with van der Waals surface area (Å²) in [7, 11) is -6.13. The number of ether oxygens (including phenoxy) is 4. The van der Waals surface area contributed by atoms with Gasteiger partial charge in [0.15, 0.2) is 0 Å². The number of hydrogen-bond donors (Lipinski definition) is 0. The highest BCUT2D eigenvalue weighted by molar-refractivity contribution is 7.87. The predicted octanol–water partition coefficient (Wildman–Crippen LogP) is 5.30. The molecule has 1 fully saturated rings. The van der Waals surface area contributed by atoms with Crippen LogP contribution in [0.1, 0.15) is 16.7 Å². The lowest BCUT2D eigenvalue weighted by Crippen LogP contribution is -2.62. The van der Waals surface area contributed by atoms with E-state index in [0.29, 0.717) is 11.1 Å². The summed E-state index contributed by atoms with van der Waals surface area (Å²) in [5.41, 5.74) is -3.67. The zero-order valence-corrected chi connectivity index (χ0v) is 22.0.